The zero-order valence-electron chi connectivity index (χ0n) is 13.6. The third-order valence-corrected chi connectivity index (χ3v) is 4.91. The molecule has 1 amide bonds. The summed E-state index contributed by atoms with van der Waals surface area (Å²) in [5.74, 6) is 0.116. The number of aryl methyl sites for hydroxylation is 2. The monoisotopic (exact) mass is 302 g/mol. The number of carbonyl (C=O) groups is 1. The first-order chi connectivity index (χ1) is 10.6. The molecule has 1 saturated heterocycles. The standard InChI is InChI=1S/C17H26N4O/c1-13(21-8-6-20(2)7-9-21)17(22)19-12-14-10-15-4-3-5-16(15)18-11-14/h10-11,13H,3-9,12H2,1-2H3,(H,19,22). The zero-order valence-corrected chi connectivity index (χ0v) is 13.6. The fraction of sp³-hybridized carbons (Fsp3) is 0.647. The highest BCUT2D eigenvalue weighted by Gasteiger charge is 2.24. The first-order valence-corrected chi connectivity index (χ1v) is 8.30. The van der Waals surface area contributed by atoms with Gasteiger partial charge in [0.2, 0.25) is 5.91 Å². The van der Waals surface area contributed by atoms with Gasteiger partial charge in [-0.1, -0.05) is 6.07 Å². The SMILES string of the molecule is CC(C(=O)NCc1cnc2c(c1)CCC2)N1CCN(C)CC1. The molecule has 1 aliphatic carbocycles. The molecule has 0 radical (unpaired) electrons. The molecule has 22 heavy (non-hydrogen) atoms. The van der Waals surface area contributed by atoms with Crippen LogP contribution in [0, 0.1) is 0 Å². The molecule has 1 N–H and O–H groups in total. The predicted molar refractivity (Wildman–Crippen MR) is 86.6 cm³/mol. The third kappa shape index (κ3) is 3.47. The van der Waals surface area contributed by atoms with Gasteiger partial charge in [0.1, 0.15) is 0 Å². The minimum atomic E-state index is -0.0592. The van der Waals surface area contributed by atoms with Gasteiger partial charge in [0.05, 0.1) is 6.04 Å². The van der Waals surface area contributed by atoms with Gasteiger partial charge in [-0.15, -0.1) is 0 Å². The van der Waals surface area contributed by atoms with Crippen molar-refractivity contribution in [2.45, 2.75) is 38.8 Å². The van der Waals surface area contributed by atoms with E-state index in [0.717, 1.165) is 44.6 Å². The van der Waals surface area contributed by atoms with Crippen molar-refractivity contribution in [2.24, 2.45) is 0 Å². The molecule has 0 bridgehead atoms. The van der Waals surface area contributed by atoms with Crippen LogP contribution in [0.2, 0.25) is 0 Å². The third-order valence-electron chi connectivity index (χ3n) is 4.91. The lowest BCUT2D eigenvalue weighted by molar-refractivity contribution is -0.126. The Morgan fingerprint density at radius 3 is 2.86 bits per heavy atom. The fourth-order valence-electron chi connectivity index (χ4n) is 3.28. The number of aromatic nitrogens is 1. The van der Waals surface area contributed by atoms with Gasteiger partial charge in [-0.3, -0.25) is 14.7 Å². The maximum atomic E-state index is 12.3. The number of nitrogens with zero attached hydrogens (tertiary/aromatic N) is 3. The summed E-state index contributed by atoms with van der Waals surface area (Å²) in [6.07, 6.45) is 5.34. The van der Waals surface area contributed by atoms with Crippen molar-refractivity contribution in [2.75, 3.05) is 33.2 Å². The molecule has 0 spiro atoms. The fourth-order valence-corrected chi connectivity index (χ4v) is 3.28. The van der Waals surface area contributed by atoms with Crippen LogP contribution in [0.1, 0.15) is 30.2 Å². The van der Waals surface area contributed by atoms with E-state index in [1.165, 1.54) is 17.7 Å². The zero-order chi connectivity index (χ0) is 15.5. The maximum Gasteiger partial charge on any atom is 0.237 e. The van der Waals surface area contributed by atoms with Crippen molar-refractivity contribution in [3.05, 3.63) is 29.1 Å². The topological polar surface area (TPSA) is 48.5 Å². The second-order valence-electron chi connectivity index (χ2n) is 6.54. The average molecular weight is 302 g/mol. The van der Waals surface area contributed by atoms with E-state index in [2.05, 4.69) is 33.2 Å². The second-order valence-corrected chi connectivity index (χ2v) is 6.54. The van der Waals surface area contributed by atoms with E-state index < -0.39 is 0 Å². The van der Waals surface area contributed by atoms with Crippen LogP contribution in [0.15, 0.2) is 12.3 Å². The summed E-state index contributed by atoms with van der Waals surface area (Å²) in [5.41, 5.74) is 3.71. The highest BCUT2D eigenvalue weighted by atomic mass is 16.2. The van der Waals surface area contributed by atoms with E-state index in [0.29, 0.717) is 6.54 Å². The van der Waals surface area contributed by atoms with Crippen LogP contribution in [-0.2, 0) is 24.2 Å². The van der Waals surface area contributed by atoms with Crippen molar-refractivity contribution < 1.29 is 4.79 Å². The average Bonchev–Trinajstić information content (AvgIpc) is 3.00. The Morgan fingerprint density at radius 1 is 1.32 bits per heavy atom. The van der Waals surface area contributed by atoms with E-state index >= 15 is 0 Å². The number of amides is 1. The molecule has 5 heteroatoms. The van der Waals surface area contributed by atoms with E-state index in [1.807, 2.05) is 13.1 Å². The Labute approximate surface area is 132 Å². The summed E-state index contributed by atoms with van der Waals surface area (Å²) in [6.45, 7) is 6.58. The van der Waals surface area contributed by atoms with Crippen molar-refractivity contribution in [3.8, 4) is 0 Å². The van der Waals surface area contributed by atoms with Crippen LogP contribution in [0.5, 0.6) is 0 Å². The number of likely N-dealkylation sites (N-methyl/N-ethyl adjacent to an activating group) is 1. The molecule has 1 aromatic rings. The van der Waals surface area contributed by atoms with Crippen LogP contribution >= 0.6 is 0 Å². The molecule has 1 aromatic heterocycles. The molecular formula is C17H26N4O. The molecule has 1 atom stereocenters. The van der Waals surface area contributed by atoms with E-state index in [9.17, 15) is 4.79 Å². The van der Waals surface area contributed by atoms with Crippen molar-refractivity contribution in [1.82, 2.24) is 20.1 Å². The summed E-state index contributed by atoms with van der Waals surface area (Å²) in [5, 5.41) is 3.06. The Balaban J connectivity index is 1.51. The number of fused-ring (bicyclic) bond motifs is 1. The summed E-state index contributed by atoms with van der Waals surface area (Å²) in [4.78, 5) is 21.4. The molecular weight excluding hydrogens is 276 g/mol. The summed E-state index contributed by atoms with van der Waals surface area (Å²) in [7, 11) is 2.13. The van der Waals surface area contributed by atoms with Gasteiger partial charge in [0, 0.05) is 44.6 Å². The minimum absolute atomic E-state index is 0.0592. The van der Waals surface area contributed by atoms with Gasteiger partial charge < -0.3 is 10.2 Å². The van der Waals surface area contributed by atoms with E-state index in [1.54, 1.807) is 0 Å². The lowest BCUT2D eigenvalue weighted by Crippen LogP contribution is -2.52. The highest BCUT2D eigenvalue weighted by molar-refractivity contribution is 5.81. The molecule has 3 rings (SSSR count). The van der Waals surface area contributed by atoms with Crippen molar-refractivity contribution >= 4 is 5.91 Å². The second kappa shape index (κ2) is 6.75. The molecule has 5 nitrogen and oxygen atoms in total. The lowest BCUT2D eigenvalue weighted by Gasteiger charge is -2.35. The number of hydrogen-bond acceptors (Lipinski definition) is 4. The summed E-state index contributed by atoms with van der Waals surface area (Å²) in [6, 6.07) is 2.15. The number of nitrogens with one attached hydrogen (secondary N) is 1. The van der Waals surface area contributed by atoms with Gasteiger partial charge >= 0.3 is 0 Å². The van der Waals surface area contributed by atoms with E-state index in [-0.39, 0.29) is 11.9 Å². The molecule has 2 aliphatic rings. The van der Waals surface area contributed by atoms with Gasteiger partial charge in [-0.25, -0.2) is 0 Å². The van der Waals surface area contributed by atoms with Crippen LogP contribution < -0.4 is 5.32 Å². The smallest absolute Gasteiger partial charge is 0.237 e. The number of pyridine rings is 1. The van der Waals surface area contributed by atoms with Crippen LogP contribution in [-0.4, -0.2) is 60.0 Å². The van der Waals surface area contributed by atoms with E-state index in [4.69, 9.17) is 0 Å². The minimum Gasteiger partial charge on any atom is -0.351 e. The predicted octanol–water partition coefficient (Wildman–Crippen LogP) is 0.822. The Bertz CT molecular complexity index is 537. The molecule has 2 heterocycles. The van der Waals surface area contributed by atoms with Crippen LogP contribution in [0.3, 0.4) is 0 Å². The van der Waals surface area contributed by atoms with Crippen molar-refractivity contribution in [3.63, 3.8) is 0 Å². The van der Waals surface area contributed by atoms with Gasteiger partial charge in [0.15, 0.2) is 0 Å². The normalized spacial score (nSPS) is 20.6. The first-order valence-electron chi connectivity index (χ1n) is 8.30. The molecule has 120 valence electrons. The van der Waals surface area contributed by atoms with Gasteiger partial charge in [-0.05, 0) is 44.4 Å². The van der Waals surface area contributed by atoms with Crippen LogP contribution in [0.4, 0.5) is 0 Å². The highest BCUT2D eigenvalue weighted by Crippen LogP contribution is 2.20. The van der Waals surface area contributed by atoms with Gasteiger partial charge in [0.25, 0.3) is 0 Å². The number of piperazine rings is 1. The first kappa shape index (κ1) is 15.4. The maximum absolute atomic E-state index is 12.3. The Morgan fingerprint density at radius 2 is 2.09 bits per heavy atom. The van der Waals surface area contributed by atoms with Crippen LogP contribution in [0.25, 0.3) is 0 Å². The Hall–Kier alpha value is -1.46. The number of rotatable bonds is 4. The summed E-state index contributed by atoms with van der Waals surface area (Å²) >= 11 is 0. The Kier molecular flexibility index (Phi) is 4.74. The molecule has 1 aliphatic heterocycles. The van der Waals surface area contributed by atoms with Crippen molar-refractivity contribution in [1.29, 1.82) is 0 Å². The largest absolute Gasteiger partial charge is 0.351 e. The lowest BCUT2D eigenvalue weighted by atomic mass is 10.1. The molecule has 0 aromatic carbocycles. The molecule has 0 saturated carbocycles. The molecule has 1 unspecified atom stereocenters. The molecule has 1 fully saturated rings. The number of carbonyl (C=O) groups excluding carboxylic acids is 1. The van der Waals surface area contributed by atoms with Gasteiger partial charge in [-0.2, -0.15) is 0 Å². The summed E-state index contributed by atoms with van der Waals surface area (Å²) < 4.78 is 0. The quantitative estimate of drug-likeness (QED) is 0.895. The number of hydrogen-bond donors (Lipinski definition) is 1.